The third-order valence-corrected chi connectivity index (χ3v) is 2.68. The van der Waals surface area contributed by atoms with E-state index < -0.39 is 16.2 Å². The first-order chi connectivity index (χ1) is 9.13. The van der Waals surface area contributed by atoms with Crippen LogP contribution in [0.3, 0.4) is 0 Å². The zero-order valence-corrected chi connectivity index (χ0v) is 9.81. The highest BCUT2D eigenvalue weighted by Crippen LogP contribution is 2.09. The Hall–Kier alpha value is -2.94. The van der Waals surface area contributed by atoms with Crippen LogP contribution >= 0.6 is 0 Å². The summed E-state index contributed by atoms with van der Waals surface area (Å²) in [6, 6.07) is 11.4. The molecule has 1 heterocycles. The Morgan fingerprint density at radius 1 is 1.26 bits per heavy atom. The lowest BCUT2D eigenvalue weighted by Gasteiger charge is -2.06. The van der Waals surface area contributed by atoms with Gasteiger partial charge in [0.1, 0.15) is 0 Å². The van der Waals surface area contributed by atoms with Gasteiger partial charge in [0.2, 0.25) is 0 Å². The number of aromatic nitrogens is 1. The summed E-state index contributed by atoms with van der Waals surface area (Å²) in [5.41, 5.74) is -0.0642. The summed E-state index contributed by atoms with van der Waals surface area (Å²) in [4.78, 5) is 21.8. The van der Waals surface area contributed by atoms with Crippen molar-refractivity contribution in [2.75, 3.05) is 0 Å². The molecule has 2 aromatic rings. The van der Waals surface area contributed by atoms with Crippen LogP contribution in [0, 0.1) is 21.4 Å². The fourth-order valence-electron chi connectivity index (χ4n) is 1.74. The minimum Gasteiger partial charge on any atom is -0.305 e. The number of nitriles is 1. The van der Waals surface area contributed by atoms with Crippen LogP contribution in [-0.4, -0.2) is 9.49 Å². The van der Waals surface area contributed by atoms with Gasteiger partial charge in [0.15, 0.2) is 0 Å². The summed E-state index contributed by atoms with van der Waals surface area (Å²) in [5.74, 6) is 0. The normalized spacial score (nSPS) is 9.84. The molecule has 19 heavy (non-hydrogen) atoms. The Balaban J connectivity index is 2.45. The Morgan fingerprint density at radius 3 is 2.68 bits per heavy atom. The molecule has 0 fully saturated rings. The van der Waals surface area contributed by atoms with Gasteiger partial charge in [0.05, 0.1) is 23.1 Å². The van der Waals surface area contributed by atoms with Crippen molar-refractivity contribution in [2.24, 2.45) is 0 Å². The van der Waals surface area contributed by atoms with Crippen LogP contribution in [0.2, 0.25) is 0 Å². The van der Waals surface area contributed by atoms with E-state index in [1.807, 2.05) is 6.07 Å². The Kier molecular flexibility index (Phi) is 3.39. The summed E-state index contributed by atoms with van der Waals surface area (Å²) in [7, 11) is 0. The fourth-order valence-corrected chi connectivity index (χ4v) is 1.74. The van der Waals surface area contributed by atoms with E-state index in [2.05, 4.69) is 0 Å². The van der Waals surface area contributed by atoms with E-state index in [4.69, 9.17) is 5.26 Å². The zero-order chi connectivity index (χ0) is 13.8. The Bertz CT molecular complexity index is 728. The minimum atomic E-state index is -0.713. The van der Waals surface area contributed by atoms with Crippen molar-refractivity contribution in [3.05, 3.63) is 74.2 Å². The SMILES string of the molecule is N#Cc1ccccc1Cn1cccc([N+](=O)[O-])c1=O. The highest BCUT2D eigenvalue weighted by molar-refractivity contribution is 5.37. The first-order valence-electron chi connectivity index (χ1n) is 5.45. The summed E-state index contributed by atoms with van der Waals surface area (Å²) >= 11 is 0. The van der Waals surface area contributed by atoms with E-state index in [-0.39, 0.29) is 6.54 Å². The highest BCUT2D eigenvalue weighted by Gasteiger charge is 2.14. The van der Waals surface area contributed by atoms with E-state index in [1.54, 1.807) is 24.3 Å². The van der Waals surface area contributed by atoms with Crippen molar-refractivity contribution in [1.82, 2.24) is 4.57 Å². The highest BCUT2D eigenvalue weighted by atomic mass is 16.6. The van der Waals surface area contributed by atoms with Crippen LogP contribution in [0.5, 0.6) is 0 Å². The minimum absolute atomic E-state index is 0.129. The number of benzene rings is 1. The Labute approximate surface area is 108 Å². The van der Waals surface area contributed by atoms with Crippen molar-refractivity contribution >= 4 is 5.69 Å². The zero-order valence-electron chi connectivity index (χ0n) is 9.81. The summed E-state index contributed by atoms with van der Waals surface area (Å²) in [5, 5.41) is 19.7. The molecule has 6 nitrogen and oxygen atoms in total. The van der Waals surface area contributed by atoms with Crippen LogP contribution in [0.1, 0.15) is 11.1 Å². The van der Waals surface area contributed by atoms with Crippen molar-refractivity contribution in [3.8, 4) is 6.07 Å². The lowest BCUT2D eigenvalue weighted by atomic mass is 10.1. The van der Waals surface area contributed by atoms with Crippen LogP contribution < -0.4 is 5.56 Å². The fraction of sp³-hybridized carbons (Fsp3) is 0.0769. The molecule has 0 aliphatic heterocycles. The van der Waals surface area contributed by atoms with Crippen molar-refractivity contribution in [1.29, 1.82) is 5.26 Å². The molecule has 0 aliphatic rings. The van der Waals surface area contributed by atoms with Crippen molar-refractivity contribution in [2.45, 2.75) is 6.54 Å². The number of pyridine rings is 1. The van der Waals surface area contributed by atoms with E-state index in [0.29, 0.717) is 11.1 Å². The summed E-state index contributed by atoms with van der Waals surface area (Å²) in [6.07, 6.45) is 1.46. The number of hydrogen-bond donors (Lipinski definition) is 0. The lowest BCUT2D eigenvalue weighted by Crippen LogP contribution is -2.22. The van der Waals surface area contributed by atoms with Gasteiger partial charge >= 0.3 is 11.2 Å². The molecule has 0 N–H and O–H groups in total. The molecule has 94 valence electrons. The monoisotopic (exact) mass is 255 g/mol. The second-order valence-corrected chi connectivity index (χ2v) is 3.85. The molecule has 6 heteroatoms. The molecule has 0 amide bonds. The first kappa shape index (κ1) is 12.5. The molecule has 0 atom stereocenters. The molecule has 0 saturated heterocycles. The van der Waals surface area contributed by atoms with Gasteiger partial charge in [-0.25, -0.2) is 0 Å². The van der Waals surface area contributed by atoms with Gasteiger partial charge in [-0.3, -0.25) is 14.9 Å². The van der Waals surface area contributed by atoms with Gasteiger partial charge in [-0.1, -0.05) is 18.2 Å². The summed E-state index contributed by atoms with van der Waals surface area (Å²) < 4.78 is 1.22. The van der Waals surface area contributed by atoms with Crippen LogP contribution in [0.25, 0.3) is 0 Å². The van der Waals surface area contributed by atoms with Crippen LogP contribution in [0.15, 0.2) is 47.4 Å². The van der Waals surface area contributed by atoms with E-state index in [9.17, 15) is 14.9 Å². The molecular formula is C13H9N3O3. The molecule has 0 aliphatic carbocycles. The average molecular weight is 255 g/mol. The van der Waals surface area contributed by atoms with Gasteiger partial charge in [0, 0.05) is 12.3 Å². The maximum atomic E-state index is 11.9. The van der Waals surface area contributed by atoms with Gasteiger partial charge in [-0.05, 0) is 17.7 Å². The van der Waals surface area contributed by atoms with Gasteiger partial charge in [0.25, 0.3) is 0 Å². The molecule has 0 spiro atoms. The Morgan fingerprint density at radius 2 is 2.00 bits per heavy atom. The van der Waals surface area contributed by atoms with Gasteiger partial charge in [-0.2, -0.15) is 5.26 Å². The second kappa shape index (κ2) is 5.14. The molecule has 2 rings (SSSR count). The maximum Gasteiger partial charge on any atom is 0.334 e. The molecular weight excluding hydrogens is 246 g/mol. The molecule has 0 unspecified atom stereocenters. The van der Waals surface area contributed by atoms with E-state index in [0.717, 1.165) is 6.07 Å². The van der Waals surface area contributed by atoms with Gasteiger partial charge in [-0.15, -0.1) is 0 Å². The smallest absolute Gasteiger partial charge is 0.305 e. The van der Waals surface area contributed by atoms with Crippen LogP contribution in [0.4, 0.5) is 5.69 Å². The molecule has 1 aromatic carbocycles. The number of hydrogen-bond acceptors (Lipinski definition) is 4. The van der Waals surface area contributed by atoms with Crippen molar-refractivity contribution < 1.29 is 4.92 Å². The predicted octanol–water partition coefficient (Wildman–Crippen LogP) is 1.68. The molecule has 1 aromatic heterocycles. The topological polar surface area (TPSA) is 88.9 Å². The van der Waals surface area contributed by atoms with Crippen LogP contribution in [-0.2, 0) is 6.54 Å². The van der Waals surface area contributed by atoms with E-state index in [1.165, 1.54) is 16.8 Å². The molecule has 0 saturated carbocycles. The third kappa shape index (κ3) is 2.50. The summed E-state index contributed by atoms with van der Waals surface area (Å²) in [6.45, 7) is 0.129. The standard InChI is InChI=1S/C13H9N3O3/c14-8-10-4-1-2-5-11(10)9-15-7-3-6-12(13(15)17)16(18)19/h1-7H,9H2. The first-order valence-corrected chi connectivity index (χ1v) is 5.45. The third-order valence-electron chi connectivity index (χ3n) is 2.68. The number of nitro groups is 1. The van der Waals surface area contributed by atoms with Gasteiger partial charge < -0.3 is 4.57 Å². The lowest BCUT2D eigenvalue weighted by molar-refractivity contribution is -0.386. The largest absolute Gasteiger partial charge is 0.334 e. The maximum absolute atomic E-state index is 11.9. The molecule has 0 bridgehead atoms. The predicted molar refractivity (Wildman–Crippen MR) is 67.6 cm³/mol. The quantitative estimate of drug-likeness (QED) is 0.616. The van der Waals surface area contributed by atoms with Crippen molar-refractivity contribution in [3.63, 3.8) is 0 Å². The van der Waals surface area contributed by atoms with E-state index >= 15 is 0 Å². The second-order valence-electron chi connectivity index (χ2n) is 3.85. The number of nitrogens with zero attached hydrogens (tertiary/aromatic N) is 3. The number of rotatable bonds is 3. The average Bonchev–Trinajstić information content (AvgIpc) is 2.41. The molecule has 0 radical (unpaired) electrons.